The molecule has 5 nitrogen and oxygen atoms in total. The molecule has 0 aromatic heterocycles. The Kier molecular flexibility index (Phi) is 7.79. The van der Waals surface area contributed by atoms with E-state index in [0.717, 1.165) is 49.3 Å². The van der Waals surface area contributed by atoms with E-state index in [1.165, 1.54) is 24.6 Å². The summed E-state index contributed by atoms with van der Waals surface area (Å²) in [5.41, 5.74) is 3.70. The van der Waals surface area contributed by atoms with Crippen LogP contribution < -0.4 is 10.2 Å². The van der Waals surface area contributed by atoms with Gasteiger partial charge in [0, 0.05) is 17.9 Å². The minimum absolute atomic E-state index is 0.0390. The number of hydrogen-bond donors (Lipinski definition) is 1. The van der Waals surface area contributed by atoms with E-state index in [0.29, 0.717) is 17.8 Å². The van der Waals surface area contributed by atoms with E-state index < -0.39 is 5.82 Å². The molecular weight excluding hydrogens is 451 g/mol. The van der Waals surface area contributed by atoms with Crippen LogP contribution in [0.25, 0.3) is 11.1 Å². The topological polar surface area (TPSA) is 59.4 Å². The molecule has 2 amide bonds. The average molecular weight is 477 g/mol. The normalized spacial score (nSPS) is 13.1. The van der Waals surface area contributed by atoms with Crippen molar-refractivity contribution in [3.8, 4) is 17.2 Å². The third-order valence-electron chi connectivity index (χ3n) is 5.97. The fraction of sp³-hybridized carbons (Fsp3) is 0.259. The van der Waals surface area contributed by atoms with Crippen molar-refractivity contribution in [2.45, 2.75) is 19.3 Å². The fourth-order valence-corrected chi connectivity index (χ4v) is 4.11. The Morgan fingerprint density at radius 2 is 1.85 bits per heavy atom. The summed E-state index contributed by atoms with van der Waals surface area (Å²) >= 11 is 5.88. The van der Waals surface area contributed by atoms with Crippen LogP contribution in [-0.4, -0.2) is 37.1 Å². The number of rotatable bonds is 8. The zero-order valence-corrected chi connectivity index (χ0v) is 19.6. The molecule has 0 saturated carbocycles. The van der Waals surface area contributed by atoms with Gasteiger partial charge in [0.05, 0.1) is 16.7 Å². The Morgan fingerprint density at radius 1 is 1.06 bits per heavy atom. The molecule has 0 bridgehead atoms. The van der Waals surface area contributed by atoms with Crippen molar-refractivity contribution >= 4 is 29.0 Å². The number of amides is 2. The fourth-order valence-electron chi connectivity index (χ4n) is 3.93. The van der Waals surface area contributed by atoms with Crippen molar-refractivity contribution < 1.29 is 9.18 Å². The van der Waals surface area contributed by atoms with Gasteiger partial charge in [0.25, 0.3) is 0 Å². The zero-order valence-electron chi connectivity index (χ0n) is 18.8. The first-order chi connectivity index (χ1) is 16.5. The standard InChI is InChI=1S/C27H26ClFN4O/c28-25-18-23(9-12-26(25)29)31-27(34)33(16-2-1-13-32-14-4-15-32)24-10-7-21(8-11-24)22-6-3-5-20(17-22)19-30/h3,5-12,17-18H,1-2,4,13-16H2,(H,31,34). The molecule has 3 aromatic carbocycles. The van der Waals surface area contributed by atoms with Gasteiger partial charge >= 0.3 is 6.03 Å². The quantitative estimate of drug-likeness (QED) is 0.375. The van der Waals surface area contributed by atoms with Crippen LogP contribution in [0.4, 0.5) is 20.6 Å². The summed E-state index contributed by atoms with van der Waals surface area (Å²) in [6, 6.07) is 21.1. The highest BCUT2D eigenvalue weighted by Crippen LogP contribution is 2.26. The Bertz CT molecular complexity index is 1190. The maximum Gasteiger partial charge on any atom is 0.326 e. The molecule has 7 heteroatoms. The van der Waals surface area contributed by atoms with E-state index in [-0.39, 0.29) is 11.1 Å². The van der Waals surface area contributed by atoms with E-state index in [4.69, 9.17) is 16.9 Å². The summed E-state index contributed by atoms with van der Waals surface area (Å²) < 4.78 is 13.5. The molecule has 1 aliphatic rings. The van der Waals surface area contributed by atoms with Gasteiger partial charge in [0.1, 0.15) is 5.82 Å². The van der Waals surface area contributed by atoms with Gasteiger partial charge in [0.15, 0.2) is 0 Å². The van der Waals surface area contributed by atoms with Crippen LogP contribution >= 0.6 is 11.6 Å². The third-order valence-corrected chi connectivity index (χ3v) is 6.26. The Balaban J connectivity index is 1.50. The molecule has 0 unspecified atom stereocenters. The van der Waals surface area contributed by atoms with Crippen LogP contribution in [-0.2, 0) is 0 Å². The number of unbranched alkanes of at least 4 members (excludes halogenated alkanes) is 1. The lowest BCUT2D eigenvalue weighted by molar-refractivity contribution is 0.178. The number of nitriles is 1. The molecule has 1 aliphatic heterocycles. The highest BCUT2D eigenvalue weighted by atomic mass is 35.5. The van der Waals surface area contributed by atoms with Crippen LogP contribution in [0.2, 0.25) is 5.02 Å². The highest BCUT2D eigenvalue weighted by Gasteiger charge is 2.18. The molecule has 1 fully saturated rings. The lowest BCUT2D eigenvalue weighted by atomic mass is 10.0. The second-order valence-corrected chi connectivity index (χ2v) is 8.76. The maximum absolute atomic E-state index is 13.5. The summed E-state index contributed by atoms with van der Waals surface area (Å²) in [7, 11) is 0. The Hall–Kier alpha value is -3.40. The predicted molar refractivity (Wildman–Crippen MR) is 135 cm³/mol. The van der Waals surface area contributed by atoms with Gasteiger partial charge in [-0.15, -0.1) is 0 Å². The van der Waals surface area contributed by atoms with Gasteiger partial charge in [-0.1, -0.05) is 35.9 Å². The number of nitrogens with zero attached hydrogens (tertiary/aromatic N) is 3. The number of hydrogen-bond acceptors (Lipinski definition) is 3. The summed E-state index contributed by atoms with van der Waals surface area (Å²) in [4.78, 5) is 17.3. The minimum atomic E-state index is -0.529. The Labute approximate surface area is 204 Å². The summed E-state index contributed by atoms with van der Waals surface area (Å²) in [6.45, 7) is 3.91. The largest absolute Gasteiger partial charge is 0.326 e. The first kappa shape index (κ1) is 23.7. The number of benzene rings is 3. The van der Waals surface area contributed by atoms with Gasteiger partial charge < -0.3 is 10.2 Å². The van der Waals surface area contributed by atoms with E-state index in [1.807, 2.05) is 42.5 Å². The molecule has 1 N–H and O–H groups in total. The van der Waals surface area contributed by atoms with E-state index in [2.05, 4.69) is 16.3 Å². The molecule has 174 valence electrons. The third kappa shape index (κ3) is 5.93. The van der Waals surface area contributed by atoms with Crippen molar-refractivity contribution in [1.29, 1.82) is 5.26 Å². The number of carbonyl (C=O) groups is 1. The predicted octanol–water partition coefficient (Wildman–Crippen LogP) is 6.54. The van der Waals surface area contributed by atoms with Gasteiger partial charge in [-0.25, -0.2) is 9.18 Å². The molecule has 4 rings (SSSR count). The van der Waals surface area contributed by atoms with Crippen LogP contribution in [0.3, 0.4) is 0 Å². The molecule has 0 radical (unpaired) electrons. The number of anilines is 2. The molecule has 34 heavy (non-hydrogen) atoms. The van der Waals surface area contributed by atoms with Gasteiger partial charge in [0.2, 0.25) is 0 Å². The smallest absolute Gasteiger partial charge is 0.307 e. The SMILES string of the molecule is N#Cc1cccc(-c2ccc(N(CCCCN3CCC3)C(=O)Nc3ccc(F)c(Cl)c3)cc2)c1. The van der Waals surface area contributed by atoms with Crippen LogP contribution in [0, 0.1) is 17.1 Å². The van der Waals surface area contributed by atoms with Crippen LogP contribution in [0.15, 0.2) is 66.7 Å². The minimum Gasteiger partial charge on any atom is -0.307 e. The van der Waals surface area contributed by atoms with Gasteiger partial charge in [-0.05, 0) is 92.5 Å². The molecule has 1 heterocycles. The summed E-state index contributed by atoms with van der Waals surface area (Å²) in [5, 5.41) is 12.0. The Morgan fingerprint density at radius 3 is 2.53 bits per heavy atom. The highest BCUT2D eigenvalue weighted by molar-refractivity contribution is 6.31. The lowest BCUT2D eigenvalue weighted by Crippen LogP contribution is -2.39. The molecule has 0 aliphatic carbocycles. The van der Waals surface area contributed by atoms with Crippen molar-refractivity contribution in [1.82, 2.24) is 4.90 Å². The van der Waals surface area contributed by atoms with Crippen LogP contribution in [0.1, 0.15) is 24.8 Å². The monoisotopic (exact) mass is 476 g/mol. The first-order valence-electron chi connectivity index (χ1n) is 11.4. The second kappa shape index (κ2) is 11.1. The number of nitrogens with one attached hydrogen (secondary N) is 1. The molecule has 3 aromatic rings. The molecule has 0 atom stereocenters. The van der Waals surface area contributed by atoms with Crippen molar-refractivity contribution in [2.24, 2.45) is 0 Å². The molecule has 1 saturated heterocycles. The maximum atomic E-state index is 13.5. The number of carbonyl (C=O) groups excluding carboxylic acids is 1. The second-order valence-electron chi connectivity index (χ2n) is 8.35. The molecular formula is C27H26ClFN4O. The zero-order chi connectivity index (χ0) is 23.9. The average Bonchev–Trinajstić information content (AvgIpc) is 2.82. The van der Waals surface area contributed by atoms with Crippen molar-refractivity contribution in [3.05, 3.63) is 83.1 Å². The number of urea groups is 1. The lowest BCUT2D eigenvalue weighted by Gasteiger charge is -2.31. The van der Waals surface area contributed by atoms with E-state index >= 15 is 0 Å². The van der Waals surface area contributed by atoms with E-state index in [9.17, 15) is 9.18 Å². The van der Waals surface area contributed by atoms with E-state index in [1.54, 1.807) is 11.0 Å². The van der Waals surface area contributed by atoms with Crippen molar-refractivity contribution in [2.75, 3.05) is 36.4 Å². The number of halogens is 2. The first-order valence-corrected chi connectivity index (χ1v) is 11.8. The summed E-state index contributed by atoms with van der Waals surface area (Å²) in [6.07, 6.45) is 3.13. The summed E-state index contributed by atoms with van der Waals surface area (Å²) in [5.74, 6) is -0.529. The van der Waals surface area contributed by atoms with Crippen LogP contribution in [0.5, 0.6) is 0 Å². The molecule has 0 spiro atoms. The van der Waals surface area contributed by atoms with Gasteiger partial charge in [-0.3, -0.25) is 4.90 Å². The van der Waals surface area contributed by atoms with Gasteiger partial charge in [-0.2, -0.15) is 5.26 Å². The van der Waals surface area contributed by atoms with Crippen molar-refractivity contribution in [3.63, 3.8) is 0 Å². The number of likely N-dealkylation sites (tertiary alicyclic amines) is 1.